The fraction of sp³-hybridized carbons (Fsp3) is 0.533. The normalized spacial score (nSPS) is 16.0. The van der Waals surface area contributed by atoms with Crippen LogP contribution in [0, 0.1) is 0 Å². The molecule has 1 aromatic carbocycles. The number of para-hydroxylation sites is 1. The summed E-state index contributed by atoms with van der Waals surface area (Å²) in [5.74, 6) is 0.694. The number of rotatable bonds is 7. The fourth-order valence-corrected chi connectivity index (χ4v) is 3.44. The van der Waals surface area contributed by atoms with Gasteiger partial charge in [-0.25, -0.2) is 4.79 Å². The molecule has 8 nitrogen and oxygen atoms in total. The first kappa shape index (κ1) is 18.5. The number of ether oxygens (including phenoxy) is 2. The predicted octanol–water partition coefficient (Wildman–Crippen LogP) is 0.674. The Labute approximate surface area is 142 Å². The van der Waals surface area contributed by atoms with Gasteiger partial charge in [-0.1, -0.05) is 18.2 Å². The molecular formula is C15H23N3O5S. The number of benzene rings is 1. The maximum Gasteiger partial charge on any atom is 0.409 e. The first-order valence-electron chi connectivity index (χ1n) is 7.87. The van der Waals surface area contributed by atoms with Crippen molar-refractivity contribution in [2.75, 3.05) is 45.9 Å². The highest BCUT2D eigenvalue weighted by Gasteiger charge is 2.28. The highest BCUT2D eigenvalue weighted by Crippen LogP contribution is 2.09. The van der Waals surface area contributed by atoms with E-state index in [1.54, 1.807) is 6.92 Å². The molecule has 24 heavy (non-hydrogen) atoms. The minimum Gasteiger partial charge on any atom is -0.492 e. The van der Waals surface area contributed by atoms with Crippen molar-refractivity contribution >= 4 is 16.3 Å². The summed E-state index contributed by atoms with van der Waals surface area (Å²) < 4.78 is 38.6. The Bertz CT molecular complexity index is 615. The van der Waals surface area contributed by atoms with Crippen LogP contribution in [0.15, 0.2) is 30.3 Å². The van der Waals surface area contributed by atoms with Crippen molar-refractivity contribution in [1.29, 1.82) is 0 Å². The Morgan fingerprint density at radius 2 is 1.83 bits per heavy atom. The minimum absolute atomic E-state index is 0.176. The van der Waals surface area contributed by atoms with E-state index in [4.69, 9.17) is 9.47 Å². The lowest BCUT2D eigenvalue weighted by Gasteiger charge is -2.33. The largest absolute Gasteiger partial charge is 0.492 e. The van der Waals surface area contributed by atoms with E-state index in [0.717, 1.165) is 0 Å². The number of piperazine rings is 1. The van der Waals surface area contributed by atoms with Gasteiger partial charge in [-0.05, 0) is 19.1 Å². The van der Waals surface area contributed by atoms with Crippen molar-refractivity contribution in [1.82, 2.24) is 13.9 Å². The first-order chi connectivity index (χ1) is 11.5. The van der Waals surface area contributed by atoms with E-state index in [1.807, 2.05) is 30.3 Å². The Morgan fingerprint density at radius 1 is 1.17 bits per heavy atom. The average Bonchev–Trinajstić information content (AvgIpc) is 2.60. The smallest absolute Gasteiger partial charge is 0.409 e. The number of nitrogens with zero attached hydrogens (tertiary/aromatic N) is 2. The summed E-state index contributed by atoms with van der Waals surface area (Å²) >= 11 is 0. The molecule has 9 heteroatoms. The second-order valence-electron chi connectivity index (χ2n) is 5.15. The van der Waals surface area contributed by atoms with Crippen LogP contribution >= 0.6 is 0 Å². The third-order valence-corrected chi connectivity index (χ3v) is 5.12. The Morgan fingerprint density at radius 3 is 2.46 bits per heavy atom. The van der Waals surface area contributed by atoms with Crippen LogP contribution < -0.4 is 9.46 Å². The van der Waals surface area contributed by atoms with Crippen LogP contribution in [0.1, 0.15) is 6.92 Å². The van der Waals surface area contributed by atoms with Crippen LogP contribution in [0.3, 0.4) is 0 Å². The molecule has 1 saturated heterocycles. The quantitative estimate of drug-likeness (QED) is 0.725. The summed E-state index contributed by atoms with van der Waals surface area (Å²) in [6.45, 7) is 3.59. The van der Waals surface area contributed by atoms with E-state index in [1.165, 1.54) is 9.21 Å². The van der Waals surface area contributed by atoms with Crippen LogP contribution in [0.5, 0.6) is 5.75 Å². The summed E-state index contributed by atoms with van der Waals surface area (Å²) in [7, 11) is -3.57. The van der Waals surface area contributed by atoms with Crippen LogP contribution in [0.2, 0.25) is 0 Å². The van der Waals surface area contributed by atoms with E-state index < -0.39 is 16.3 Å². The van der Waals surface area contributed by atoms with E-state index in [2.05, 4.69) is 4.72 Å². The van der Waals surface area contributed by atoms with Crippen LogP contribution in [0.25, 0.3) is 0 Å². The highest BCUT2D eigenvalue weighted by atomic mass is 32.2. The Hall–Kier alpha value is -1.84. The van der Waals surface area contributed by atoms with Crippen LogP contribution in [-0.4, -0.2) is 69.7 Å². The van der Waals surface area contributed by atoms with Crippen molar-refractivity contribution in [3.05, 3.63) is 30.3 Å². The second kappa shape index (κ2) is 8.86. The zero-order chi connectivity index (χ0) is 17.4. The molecular weight excluding hydrogens is 334 g/mol. The SMILES string of the molecule is CCOC(=O)N1CCN(S(=O)(=O)NCCOc2ccccc2)CC1. The molecule has 0 bridgehead atoms. The van der Waals surface area contributed by atoms with E-state index >= 15 is 0 Å². The number of carbonyl (C=O) groups is 1. The standard InChI is InChI=1S/C15H23N3O5S/c1-2-22-15(19)17-9-11-18(12-10-17)24(20,21)16-8-13-23-14-6-4-3-5-7-14/h3-7,16H,2,8-13H2,1H3. The van der Waals surface area contributed by atoms with E-state index in [9.17, 15) is 13.2 Å². The van der Waals surface area contributed by atoms with Gasteiger partial charge in [0.25, 0.3) is 10.2 Å². The van der Waals surface area contributed by atoms with Crippen molar-refractivity contribution in [3.63, 3.8) is 0 Å². The lowest BCUT2D eigenvalue weighted by atomic mass is 10.3. The van der Waals surface area contributed by atoms with E-state index in [-0.39, 0.29) is 26.2 Å². The number of hydrogen-bond acceptors (Lipinski definition) is 5. The van der Waals surface area contributed by atoms with Gasteiger partial charge in [0.2, 0.25) is 0 Å². The van der Waals surface area contributed by atoms with E-state index in [0.29, 0.717) is 25.4 Å². The number of hydrogen-bond donors (Lipinski definition) is 1. The summed E-state index contributed by atoms with van der Waals surface area (Å²) in [6.07, 6.45) is -0.404. The zero-order valence-electron chi connectivity index (χ0n) is 13.7. The molecule has 134 valence electrons. The van der Waals surface area contributed by atoms with Gasteiger partial charge in [-0.2, -0.15) is 17.4 Å². The molecule has 1 fully saturated rings. The summed E-state index contributed by atoms with van der Waals surface area (Å²) in [5.41, 5.74) is 0. The summed E-state index contributed by atoms with van der Waals surface area (Å²) in [4.78, 5) is 13.1. The van der Waals surface area contributed by atoms with Gasteiger partial charge in [0.05, 0.1) is 6.61 Å². The summed E-state index contributed by atoms with van der Waals surface area (Å²) in [5, 5.41) is 0. The Balaban J connectivity index is 1.72. The highest BCUT2D eigenvalue weighted by molar-refractivity contribution is 7.87. The number of amides is 1. The van der Waals surface area contributed by atoms with Gasteiger partial charge in [0, 0.05) is 32.7 Å². The van der Waals surface area contributed by atoms with Crippen molar-refractivity contribution < 1.29 is 22.7 Å². The third kappa shape index (κ3) is 5.36. The molecule has 0 aromatic heterocycles. The first-order valence-corrected chi connectivity index (χ1v) is 9.31. The molecule has 0 saturated carbocycles. The van der Waals surface area contributed by atoms with Gasteiger partial charge >= 0.3 is 6.09 Å². The molecule has 0 unspecified atom stereocenters. The lowest BCUT2D eigenvalue weighted by Crippen LogP contribution is -2.53. The van der Waals surface area contributed by atoms with Crippen LogP contribution in [0.4, 0.5) is 4.79 Å². The van der Waals surface area contributed by atoms with Crippen molar-refractivity contribution in [2.45, 2.75) is 6.92 Å². The molecule has 1 N–H and O–H groups in total. The maximum atomic E-state index is 12.2. The molecule has 1 aliphatic heterocycles. The molecule has 1 aliphatic rings. The molecule has 1 aromatic rings. The van der Waals surface area contributed by atoms with Crippen molar-refractivity contribution in [2.24, 2.45) is 0 Å². The molecule has 1 amide bonds. The molecule has 0 aliphatic carbocycles. The lowest BCUT2D eigenvalue weighted by molar-refractivity contribution is 0.0932. The number of carbonyl (C=O) groups excluding carboxylic acids is 1. The van der Waals surface area contributed by atoms with Crippen molar-refractivity contribution in [3.8, 4) is 5.75 Å². The van der Waals surface area contributed by atoms with Gasteiger partial charge in [-0.15, -0.1) is 0 Å². The van der Waals surface area contributed by atoms with Gasteiger partial charge < -0.3 is 14.4 Å². The monoisotopic (exact) mass is 357 g/mol. The third-order valence-electron chi connectivity index (χ3n) is 3.50. The maximum absolute atomic E-state index is 12.2. The summed E-state index contributed by atoms with van der Waals surface area (Å²) in [6, 6.07) is 9.20. The van der Waals surface area contributed by atoms with Gasteiger partial charge in [-0.3, -0.25) is 0 Å². The molecule has 0 atom stereocenters. The molecule has 0 spiro atoms. The fourth-order valence-electron chi connectivity index (χ4n) is 2.27. The number of nitrogens with one attached hydrogen (secondary N) is 1. The Kier molecular flexibility index (Phi) is 6.83. The molecule has 0 radical (unpaired) electrons. The average molecular weight is 357 g/mol. The predicted molar refractivity (Wildman–Crippen MR) is 89.0 cm³/mol. The zero-order valence-corrected chi connectivity index (χ0v) is 14.5. The van der Waals surface area contributed by atoms with Gasteiger partial charge in [0.1, 0.15) is 12.4 Å². The minimum atomic E-state index is -3.57. The van der Waals surface area contributed by atoms with Crippen LogP contribution in [-0.2, 0) is 14.9 Å². The second-order valence-corrected chi connectivity index (χ2v) is 6.90. The molecule has 2 rings (SSSR count). The van der Waals surface area contributed by atoms with Gasteiger partial charge in [0.15, 0.2) is 0 Å². The molecule has 1 heterocycles. The topological polar surface area (TPSA) is 88.2 Å².